The highest BCUT2D eigenvalue weighted by Crippen LogP contribution is 2.40. The molecule has 0 saturated heterocycles. The molecule has 1 fully saturated rings. The Morgan fingerprint density at radius 2 is 2.00 bits per heavy atom. The second-order valence-corrected chi connectivity index (χ2v) is 7.66. The Kier molecular flexibility index (Phi) is 4.09. The molecule has 2 atom stereocenters. The molecule has 0 amide bonds. The molecule has 0 radical (unpaired) electrons. The molecule has 2 aromatic carbocycles. The van der Waals surface area contributed by atoms with Crippen molar-refractivity contribution in [3.05, 3.63) is 36.1 Å². The van der Waals surface area contributed by atoms with Gasteiger partial charge in [-0.1, -0.05) is 6.92 Å². The van der Waals surface area contributed by atoms with Crippen LogP contribution >= 0.6 is 11.3 Å². The number of hydrogen-bond acceptors (Lipinski definition) is 3. The third kappa shape index (κ3) is 2.73. The van der Waals surface area contributed by atoms with E-state index in [9.17, 15) is 4.39 Å². The first-order chi connectivity index (χ1) is 11.7. The Morgan fingerprint density at radius 3 is 2.75 bits per heavy atom. The highest BCUT2D eigenvalue weighted by molar-refractivity contribution is 7.25. The molecule has 0 bridgehead atoms. The molecule has 0 N–H and O–H groups in total. The zero-order valence-electron chi connectivity index (χ0n) is 14.0. The first kappa shape index (κ1) is 15.7. The molecule has 0 aliphatic heterocycles. The Labute approximate surface area is 145 Å². The van der Waals surface area contributed by atoms with Gasteiger partial charge in [0.15, 0.2) is 11.6 Å². The second kappa shape index (κ2) is 6.25. The van der Waals surface area contributed by atoms with Crippen LogP contribution in [0.5, 0.6) is 11.5 Å². The number of fused-ring (bicyclic) bond motifs is 3. The van der Waals surface area contributed by atoms with E-state index in [1.165, 1.54) is 17.8 Å². The van der Waals surface area contributed by atoms with Crippen molar-refractivity contribution in [1.29, 1.82) is 0 Å². The van der Waals surface area contributed by atoms with Crippen LogP contribution in [-0.4, -0.2) is 12.7 Å². The third-order valence-corrected chi connectivity index (χ3v) is 5.93. The van der Waals surface area contributed by atoms with Crippen LogP contribution in [0.2, 0.25) is 0 Å². The van der Waals surface area contributed by atoms with Crippen LogP contribution in [0, 0.1) is 11.7 Å². The van der Waals surface area contributed by atoms with E-state index in [1.54, 1.807) is 6.07 Å². The van der Waals surface area contributed by atoms with Crippen LogP contribution in [0.3, 0.4) is 0 Å². The molecular formula is C20H21FO2S. The van der Waals surface area contributed by atoms with Gasteiger partial charge in [0.2, 0.25) is 0 Å². The van der Waals surface area contributed by atoms with Gasteiger partial charge >= 0.3 is 0 Å². The van der Waals surface area contributed by atoms with Crippen LogP contribution in [0.15, 0.2) is 30.3 Å². The maximum absolute atomic E-state index is 14.6. The topological polar surface area (TPSA) is 18.5 Å². The van der Waals surface area contributed by atoms with Crippen LogP contribution in [0.4, 0.5) is 4.39 Å². The van der Waals surface area contributed by atoms with E-state index in [0.29, 0.717) is 23.2 Å². The van der Waals surface area contributed by atoms with Crippen molar-refractivity contribution in [3.63, 3.8) is 0 Å². The number of halogens is 1. The van der Waals surface area contributed by atoms with Gasteiger partial charge in [-0.25, -0.2) is 4.39 Å². The molecule has 4 rings (SSSR count). The Bertz CT molecular complexity index is 886. The summed E-state index contributed by atoms with van der Waals surface area (Å²) in [6, 6.07) is 9.76. The summed E-state index contributed by atoms with van der Waals surface area (Å²) in [5.41, 5.74) is 0. The smallest absolute Gasteiger partial charge is 0.182 e. The summed E-state index contributed by atoms with van der Waals surface area (Å²) in [6.45, 7) is 4.60. The summed E-state index contributed by atoms with van der Waals surface area (Å²) in [7, 11) is 0. The minimum Gasteiger partial charge on any atom is -0.491 e. The minimum atomic E-state index is -0.261. The minimum absolute atomic E-state index is 0.261. The molecular weight excluding hydrogens is 323 g/mol. The van der Waals surface area contributed by atoms with E-state index in [2.05, 4.69) is 6.92 Å². The average molecular weight is 344 g/mol. The molecule has 1 heterocycles. The van der Waals surface area contributed by atoms with Crippen LogP contribution < -0.4 is 9.47 Å². The van der Waals surface area contributed by atoms with Gasteiger partial charge in [0, 0.05) is 15.5 Å². The summed E-state index contributed by atoms with van der Waals surface area (Å²) >= 11 is 1.47. The quantitative estimate of drug-likeness (QED) is 0.564. The molecule has 1 aliphatic carbocycles. The van der Waals surface area contributed by atoms with Crippen molar-refractivity contribution in [2.24, 2.45) is 5.92 Å². The zero-order valence-corrected chi connectivity index (χ0v) is 14.8. The maximum atomic E-state index is 14.6. The lowest BCUT2D eigenvalue weighted by Gasteiger charge is -2.13. The van der Waals surface area contributed by atoms with E-state index in [1.807, 2.05) is 31.2 Å². The van der Waals surface area contributed by atoms with Gasteiger partial charge in [0.05, 0.1) is 17.4 Å². The van der Waals surface area contributed by atoms with Crippen molar-refractivity contribution in [3.8, 4) is 11.5 Å². The fraction of sp³-hybridized carbons (Fsp3) is 0.400. The average Bonchev–Trinajstić information content (AvgIpc) is 3.14. The third-order valence-electron chi connectivity index (χ3n) is 4.77. The van der Waals surface area contributed by atoms with E-state index in [0.717, 1.165) is 40.0 Å². The molecule has 1 saturated carbocycles. The predicted octanol–water partition coefficient (Wildman–Crippen LogP) is 6.16. The first-order valence-electron chi connectivity index (χ1n) is 8.60. The van der Waals surface area contributed by atoms with Crippen LogP contribution in [0.1, 0.15) is 33.1 Å². The van der Waals surface area contributed by atoms with Crippen molar-refractivity contribution in [1.82, 2.24) is 0 Å². The molecule has 126 valence electrons. The number of rotatable bonds is 4. The van der Waals surface area contributed by atoms with E-state index >= 15 is 0 Å². The SMILES string of the molecule is CCOc1ccc2c(sc3cc(OC4CCC(C)C4)ccc32)c1F. The summed E-state index contributed by atoms with van der Waals surface area (Å²) in [5, 5.41) is 2.01. The molecule has 1 aliphatic rings. The lowest BCUT2D eigenvalue weighted by molar-refractivity contribution is 0.206. The normalized spacial score (nSPS) is 20.8. The number of ether oxygens (including phenoxy) is 2. The molecule has 3 aromatic rings. The molecule has 2 nitrogen and oxygen atoms in total. The fourth-order valence-corrected chi connectivity index (χ4v) is 4.73. The lowest BCUT2D eigenvalue weighted by atomic mass is 10.1. The van der Waals surface area contributed by atoms with Gasteiger partial charge in [-0.15, -0.1) is 11.3 Å². The summed E-state index contributed by atoms with van der Waals surface area (Å²) in [4.78, 5) is 0. The van der Waals surface area contributed by atoms with Crippen molar-refractivity contribution < 1.29 is 13.9 Å². The Hall–Kier alpha value is -1.81. The van der Waals surface area contributed by atoms with Gasteiger partial charge < -0.3 is 9.47 Å². The number of thiophene rings is 1. The van der Waals surface area contributed by atoms with Gasteiger partial charge in [0.25, 0.3) is 0 Å². The maximum Gasteiger partial charge on any atom is 0.182 e. The summed E-state index contributed by atoms with van der Waals surface area (Å²) in [5.74, 6) is 1.70. The zero-order chi connectivity index (χ0) is 16.7. The Morgan fingerprint density at radius 1 is 1.17 bits per heavy atom. The van der Waals surface area contributed by atoms with Gasteiger partial charge in [0.1, 0.15) is 5.75 Å². The number of hydrogen-bond donors (Lipinski definition) is 0. The van der Waals surface area contributed by atoms with Gasteiger partial charge in [-0.2, -0.15) is 0 Å². The summed E-state index contributed by atoms with van der Waals surface area (Å²) in [6.07, 6.45) is 3.80. The highest BCUT2D eigenvalue weighted by atomic mass is 32.1. The second-order valence-electron chi connectivity index (χ2n) is 6.61. The monoisotopic (exact) mass is 344 g/mol. The first-order valence-corrected chi connectivity index (χ1v) is 9.41. The van der Waals surface area contributed by atoms with E-state index < -0.39 is 0 Å². The lowest BCUT2D eigenvalue weighted by Crippen LogP contribution is -2.11. The van der Waals surface area contributed by atoms with Gasteiger partial charge in [-0.05, 0) is 62.4 Å². The number of benzene rings is 2. The largest absolute Gasteiger partial charge is 0.491 e. The van der Waals surface area contributed by atoms with Crippen LogP contribution in [0.25, 0.3) is 20.2 Å². The van der Waals surface area contributed by atoms with Crippen molar-refractivity contribution in [2.75, 3.05) is 6.61 Å². The van der Waals surface area contributed by atoms with Crippen molar-refractivity contribution in [2.45, 2.75) is 39.2 Å². The molecule has 1 aromatic heterocycles. The fourth-order valence-electron chi connectivity index (χ4n) is 3.56. The van der Waals surface area contributed by atoms with Gasteiger partial charge in [-0.3, -0.25) is 0 Å². The predicted molar refractivity (Wildman–Crippen MR) is 97.9 cm³/mol. The van der Waals surface area contributed by atoms with E-state index in [-0.39, 0.29) is 5.82 Å². The standard InChI is InChI=1S/C20H21FO2S/c1-3-22-17-9-8-16-15-7-6-14(23-13-5-4-12(2)10-13)11-18(15)24-20(16)19(17)21/h6-9,11-13H,3-5,10H2,1-2H3. The highest BCUT2D eigenvalue weighted by Gasteiger charge is 2.23. The summed E-state index contributed by atoms with van der Waals surface area (Å²) < 4.78 is 27.8. The van der Waals surface area contributed by atoms with Crippen molar-refractivity contribution >= 4 is 31.5 Å². The van der Waals surface area contributed by atoms with Crippen LogP contribution in [-0.2, 0) is 0 Å². The Balaban J connectivity index is 1.71. The molecule has 24 heavy (non-hydrogen) atoms. The van der Waals surface area contributed by atoms with E-state index in [4.69, 9.17) is 9.47 Å². The molecule has 0 spiro atoms. The molecule has 2 unspecified atom stereocenters. The molecule has 4 heteroatoms.